The molecule has 1 N–H and O–H groups in total. The van der Waals surface area contributed by atoms with Gasteiger partial charge in [0, 0.05) is 18.0 Å². The van der Waals surface area contributed by atoms with Crippen LogP contribution in [0.3, 0.4) is 0 Å². The van der Waals surface area contributed by atoms with Crippen molar-refractivity contribution >= 4 is 28.6 Å². The average molecular weight is 288 g/mol. The summed E-state index contributed by atoms with van der Waals surface area (Å²) in [6.45, 7) is 0. The van der Waals surface area contributed by atoms with Crippen molar-refractivity contribution in [2.24, 2.45) is 0 Å². The summed E-state index contributed by atoms with van der Waals surface area (Å²) in [4.78, 5) is 20.9. The fourth-order valence-corrected chi connectivity index (χ4v) is 3.35. The first-order chi connectivity index (χ1) is 9.25. The number of aromatic carboxylic acids is 1. The van der Waals surface area contributed by atoms with E-state index < -0.39 is 5.97 Å². The molecule has 0 aliphatic carbocycles. The number of hydrogen-bond acceptors (Lipinski definition) is 5. The molecule has 4 nitrogen and oxygen atoms in total. The molecule has 3 aromatic heterocycles. The molecule has 94 valence electrons. The van der Waals surface area contributed by atoms with Gasteiger partial charge in [-0.25, -0.2) is 9.78 Å². The SMILES string of the molecule is O=C(O)c1sc(-c2cccnc2)nc1-c1cccs1. The van der Waals surface area contributed by atoms with E-state index >= 15 is 0 Å². The lowest BCUT2D eigenvalue weighted by molar-refractivity contribution is 0.0703. The summed E-state index contributed by atoms with van der Waals surface area (Å²) in [5.74, 6) is -0.948. The summed E-state index contributed by atoms with van der Waals surface area (Å²) in [6, 6.07) is 7.44. The van der Waals surface area contributed by atoms with Crippen LogP contribution in [-0.4, -0.2) is 21.0 Å². The third kappa shape index (κ3) is 2.27. The maximum atomic E-state index is 11.3. The zero-order valence-corrected chi connectivity index (χ0v) is 11.2. The normalized spacial score (nSPS) is 10.5. The number of thiazole rings is 1. The van der Waals surface area contributed by atoms with Crippen molar-refractivity contribution in [3.63, 3.8) is 0 Å². The largest absolute Gasteiger partial charge is 0.477 e. The highest BCUT2D eigenvalue weighted by atomic mass is 32.1. The minimum absolute atomic E-state index is 0.265. The van der Waals surface area contributed by atoms with Crippen molar-refractivity contribution in [3.8, 4) is 21.1 Å². The Bertz CT molecular complexity index is 706. The van der Waals surface area contributed by atoms with Crippen LogP contribution in [0, 0.1) is 0 Å². The molecular formula is C13H8N2O2S2. The zero-order valence-electron chi connectivity index (χ0n) is 9.61. The molecule has 0 aliphatic heterocycles. The smallest absolute Gasteiger partial charge is 0.348 e. The lowest BCUT2D eigenvalue weighted by atomic mass is 10.3. The predicted octanol–water partition coefficient (Wildman–Crippen LogP) is 3.63. The number of aromatic nitrogens is 2. The standard InChI is InChI=1S/C13H8N2O2S2/c16-13(17)11-10(9-4-2-6-18-9)15-12(19-11)8-3-1-5-14-7-8/h1-7H,(H,16,17). The van der Waals surface area contributed by atoms with Crippen LogP contribution in [0.1, 0.15) is 9.67 Å². The van der Waals surface area contributed by atoms with Crippen LogP contribution in [-0.2, 0) is 0 Å². The molecule has 6 heteroatoms. The molecule has 0 amide bonds. The fourth-order valence-electron chi connectivity index (χ4n) is 1.66. The Hall–Kier alpha value is -2.05. The molecule has 0 saturated carbocycles. The number of hydrogen-bond donors (Lipinski definition) is 1. The van der Waals surface area contributed by atoms with E-state index in [4.69, 9.17) is 0 Å². The van der Waals surface area contributed by atoms with E-state index in [-0.39, 0.29) is 4.88 Å². The van der Waals surface area contributed by atoms with Crippen LogP contribution < -0.4 is 0 Å². The maximum Gasteiger partial charge on any atom is 0.348 e. The average Bonchev–Trinajstić information content (AvgIpc) is 3.08. The van der Waals surface area contributed by atoms with Crippen molar-refractivity contribution < 1.29 is 9.90 Å². The molecular weight excluding hydrogens is 280 g/mol. The summed E-state index contributed by atoms with van der Waals surface area (Å²) >= 11 is 2.66. The molecule has 0 radical (unpaired) electrons. The second-order valence-corrected chi connectivity index (χ2v) is 5.67. The Morgan fingerprint density at radius 1 is 1.26 bits per heavy atom. The molecule has 19 heavy (non-hydrogen) atoms. The monoisotopic (exact) mass is 288 g/mol. The maximum absolute atomic E-state index is 11.3. The molecule has 3 aromatic rings. The number of thiophene rings is 1. The van der Waals surface area contributed by atoms with Crippen molar-refractivity contribution in [2.45, 2.75) is 0 Å². The van der Waals surface area contributed by atoms with Gasteiger partial charge in [0.15, 0.2) is 0 Å². The first kappa shape index (κ1) is 12.0. The number of carboxylic acids is 1. The molecule has 0 bridgehead atoms. The van der Waals surface area contributed by atoms with Crippen molar-refractivity contribution in [2.75, 3.05) is 0 Å². The van der Waals surface area contributed by atoms with Gasteiger partial charge >= 0.3 is 5.97 Å². The van der Waals surface area contributed by atoms with Gasteiger partial charge in [0.25, 0.3) is 0 Å². The van der Waals surface area contributed by atoms with Crippen LogP contribution in [0.15, 0.2) is 42.0 Å². The highest BCUT2D eigenvalue weighted by Gasteiger charge is 2.20. The summed E-state index contributed by atoms with van der Waals surface area (Å²) in [5, 5.41) is 11.9. The number of carboxylic acid groups (broad SMARTS) is 1. The Morgan fingerprint density at radius 2 is 2.16 bits per heavy atom. The molecule has 0 spiro atoms. The van der Waals surface area contributed by atoms with Crippen LogP contribution in [0.2, 0.25) is 0 Å². The second kappa shape index (κ2) is 4.91. The zero-order chi connectivity index (χ0) is 13.2. The van der Waals surface area contributed by atoms with Crippen molar-refractivity contribution in [1.29, 1.82) is 0 Å². The van der Waals surface area contributed by atoms with Gasteiger partial charge in [-0.1, -0.05) is 6.07 Å². The van der Waals surface area contributed by atoms with E-state index in [2.05, 4.69) is 9.97 Å². The first-order valence-corrected chi connectivity index (χ1v) is 7.13. The third-order valence-corrected chi connectivity index (χ3v) is 4.45. The summed E-state index contributed by atoms with van der Waals surface area (Å²) in [6.07, 6.45) is 3.36. The lowest BCUT2D eigenvalue weighted by Gasteiger charge is -1.93. The van der Waals surface area contributed by atoms with E-state index in [1.54, 1.807) is 12.4 Å². The minimum Gasteiger partial charge on any atom is -0.477 e. The Morgan fingerprint density at radius 3 is 2.79 bits per heavy atom. The van der Waals surface area contributed by atoms with Gasteiger partial charge in [-0.3, -0.25) is 4.98 Å². The Kier molecular flexibility index (Phi) is 3.10. The van der Waals surface area contributed by atoms with Gasteiger partial charge in [0.1, 0.15) is 15.6 Å². The molecule has 3 rings (SSSR count). The first-order valence-electron chi connectivity index (χ1n) is 5.44. The third-order valence-electron chi connectivity index (χ3n) is 2.48. The van der Waals surface area contributed by atoms with Gasteiger partial charge in [-0.05, 0) is 23.6 Å². The molecule has 0 atom stereocenters. The predicted molar refractivity (Wildman–Crippen MR) is 75.6 cm³/mol. The number of rotatable bonds is 3. The van der Waals surface area contributed by atoms with Gasteiger partial charge in [-0.2, -0.15) is 0 Å². The quantitative estimate of drug-likeness (QED) is 0.799. The van der Waals surface area contributed by atoms with Crippen LogP contribution >= 0.6 is 22.7 Å². The Labute approximate surface area is 117 Å². The van der Waals surface area contributed by atoms with Crippen molar-refractivity contribution in [3.05, 3.63) is 46.9 Å². The Balaban J connectivity index is 2.15. The molecule has 0 saturated heterocycles. The fraction of sp³-hybridized carbons (Fsp3) is 0. The number of nitrogens with zero attached hydrogens (tertiary/aromatic N) is 2. The highest BCUT2D eigenvalue weighted by molar-refractivity contribution is 7.18. The van der Waals surface area contributed by atoms with Gasteiger partial charge in [-0.15, -0.1) is 22.7 Å². The topological polar surface area (TPSA) is 63.1 Å². The second-order valence-electron chi connectivity index (χ2n) is 3.72. The minimum atomic E-state index is -0.948. The molecule has 0 aromatic carbocycles. The van der Waals surface area contributed by atoms with Gasteiger partial charge in [0.2, 0.25) is 0 Å². The van der Waals surface area contributed by atoms with E-state index in [0.29, 0.717) is 10.7 Å². The van der Waals surface area contributed by atoms with E-state index in [1.807, 2.05) is 29.6 Å². The van der Waals surface area contributed by atoms with E-state index in [1.165, 1.54) is 22.7 Å². The van der Waals surface area contributed by atoms with E-state index in [0.717, 1.165) is 10.4 Å². The molecule has 0 aliphatic rings. The molecule has 0 fully saturated rings. The molecule has 0 unspecified atom stereocenters. The number of pyridine rings is 1. The van der Waals surface area contributed by atoms with E-state index in [9.17, 15) is 9.90 Å². The van der Waals surface area contributed by atoms with Gasteiger partial charge < -0.3 is 5.11 Å². The summed E-state index contributed by atoms with van der Waals surface area (Å²) in [7, 11) is 0. The van der Waals surface area contributed by atoms with Crippen molar-refractivity contribution in [1.82, 2.24) is 9.97 Å². The van der Waals surface area contributed by atoms with Crippen LogP contribution in [0.25, 0.3) is 21.1 Å². The van der Waals surface area contributed by atoms with Crippen LogP contribution in [0.4, 0.5) is 0 Å². The van der Waals surface area contributed by atoms with Gasteiger partial charge in [0.05, 0.1) is 4.88 Å². The number of carbonyl (C=O) groups is 1. The summed E-state index contributed by atoms with van der Waals surface area (Å²) in [5.41, 5.74) is 1.36. The summed E-state index contributed by atoms with van der Waals surface area (Å²) < 4.78 is 0. The molecule has 3 heterocycles. The van der Waals surface area contributed by atoms with Crippen LogP contribution in [0.5, 0.6) is 0 Å². The highest BCUT2D eigenvalue weighted by Crippen LogP contribution is 2.35. The lowest BCUT2D eigenvalue weighted by Crippen LogP contribution is -1.94.